The number of aromatic nitrogens is 1. The quantitative estimate of drug-likeness (QED) is 0.505. The van der Waals surface area contributed by atoms with Crippen LogP contribution in [0.5, 0.6) is 5.88 Å². The number of hydrogen-bond donors (Lipinski definition) is 2. The van der Waals surface area contributed by atoms with Crippen LogP contribution in [-0.2, 0) is 9.59 Å². The molecule has 0 aliphatic carbocycles. The van der Waals surface area contributed by atoms with Crippen molar-refractivity contribution >= 4 is 40.9 Å². The molecule has 1 unspecified atom stereocenters. The zero-order valence-electron chi connectivity index (χ0n) is 23.3. The number of hydrazine groups is 1. The van der Waals surface area contributed by atoms with Crippen molar-refractivity contribution in [3.63, 3.8) is 0 Å². The van der Waals surface area contributed by atoms with Crippen molar-refractivity contribution in [1.82, 2.24) is 30.5 Å². The Bertz CT molecular complexity index is 1460. The van der Waals surface area contributed by atoms with E-state index in [9.17, 15) is 23.2 Å². The molecule has 14 heteroatoms. The number of nitrogens with one attached hydrogen (secondary N) is 2. The number of ether oxygens (including phenoxy) is 1. The molecule has 0 bridgehead atoms. The average Bonchev–Trinajstić information content (AvgIpc) is 3.25. The zero-order chi connectivity index (χ0) is 30.5. The molecular formula is C28H30Cl2F2N6O4. The lowest BCUT2D eigenvalue weighted by atomic mass is 9.81. The summed E-state index contributed by atoms with van der Waals surface area (Å²) in [7, 11) is 1.52. The van der Waals surface area contributed by atoms with Crippen LogP contribution in [-0.4, -0.2) is 81.9 Å². The molecule has 3 aliphatic rings. The van der Waals surface area contributed by atoms with E-state index in [0.717, 1.165) is 0 Å². The first-order valence-corrected chi connectivity index (χ1v) is 14.1. The lowest BCUT2D eigenvalue weighted by Crippen LogP contribution is -2.64. The minimum Gasteiger partial charge on any atom is -0.417 e. The van der Waals surface area contributed by atoms with Crippen molar-refractivity contribution in [2.24, 2.45) is 0 Å². The van der Waals surface area contributed by atoms with Gasteiger partial charge in [-0.2, -0.15) is 8.78 Å². The summed E-state index contributed by atoms with van der Waals surface area (Å²) in [5.74, 6) is -1.14. The van der Waals surface area contributed by atoms with Gasteiger partial charge in [-0.1, -0.05) is 29.3 Å². The van der Waals surface area contributed by atoms with Gasteiger partial charge in [-0.15, -0.1) is 0 Å². The molecule has 2 fully saturated rings. The highest BCUT2D eigenvalue weighted by atomic mass is 35.5. The fourth-order valence-corrected chi connectivity index (χ4v) is 6.24. The zero-order valence-corrected chi connectivity index (χ0v) is 24.8. The maximum atomic E-state index is 14.2. The molecule has 224 valence electrons. The first-order chi connectivity index (χ1) is 19.8. The number of pyridine rings is 1. The SMILES string of the molecule is CNC(=O)[C@@H]1CN([C@@H](C)c2ccc(OC(F)F)nc2)C(=O)C2=C3CN(C(=O)c4ccc(Cl)c(Cl)c4)[C@H](C)CC3(C)NN21. The monoisotopic (exact) mass is 622 g/mol. The Morgan fingerprint density at radius 3 is 2.57 bits per heavy atom. The minimum atomic E-state index is -3.01. The molecule has 2 saturated heterocycles. The normalized spacial score (nSPS) is 24.5. The van der Waals surface area contributed by atoms with Crippen LogP contribution in [0, 0.1) is 0 Å². The first-order valence-electron chi connectivity index (χ1n) is 13.3. The molecule has 0 spiro atoms. The van der Waals surface area contributed by atoms with Crippen molar-refractivity contribution in [1.29, 1.82) is 0 Å². The van der Waals surface area contributed by atoms with Crippen LogP contribution in [0.25, 0.3) is 0 Å². The Hall–Kier alpha value is -3.48. The fourth-order valence-electron chi connectivity index (χ4n) is 5.94. The minimum absolute atomic E-state index is 0.0519. The van der Waals surface area contributed by atoms with Gasteiger partial charge < -0.3 is 19.9 Å². The highest BCUT2D eigenvalue weighted by Gasteiger charge is 2.55. The largest absolute Gasteiger partial charge is 0.417 e. The Kier molecular flexibility index (Phi) is 8.08. The van der Waals surface area contributed by atoms with Crippen molar-refractivity contribution in [2.75, 3.05) is 20.1 Å². The summed E-state index contributed by atoms with van der Waals surface area (Å²) in [4.78, 5) is 48.1. The van der Waals surface area contributed by atoms with Gasteiger partial charge in [0.05, 0.1) is 28.2 Å². The maximum Gasteiger partial charge on any atom is 0.388 e. The summed E-state index contributed by atoms with van der Waals surface area (Å²) >= 11 is 12.2. The molecule has 4 heterocycles. The molecule has 2 aromatic rings. The third kappa shape index (κ3) is 5.27. The molecule has 4 atom stereocenters. The van der Waals surface area contributed by atoms with E-state index >= 15 is 0 Å². The van der Waals surface area contributed by atoms with Crippen LogP contribution in [0.2, 0.25) is 10.0 Å². The molecule has 0 radical (unpaired) electrons. The summed E-state index contributed by atoms with van der Waals surface area (Å²) < 4.78 is 29.5. The molecule has 2 N–H and O–H groups in total. The van der Waals surface area contributed by atoms with E-state index < -0.39 is 24.2 Å². The second kappa shape index (κ2) is 11.3. The van der Waals surface area contributed by atoms with Gasteiger partial charge >= 0.3 is 6.61 Å². The third-order valence-corrected chi connectivity index (χ3v) is 8.90. The summed E-state index contributed by atoms with van der Waals surface area (Å²) in [6.45, 7) is 2.85. The molecule has 5 rings (SSSR count). The van der Waals surface area contributed by atoms with Crippen molar-refractivity contribution < 1.29 is 27.9 Å². The van der Waals surface area contributed by atoms with Crippen LogP contribution in [0.15, 0.2) is 47.8 Å². The predicted octanol–water partition coefficient (Wildman–Crippen LogP) is 3.78. The van der Waals surface area contributed by atoms with Crippen LogP contribution in [0.3, 0.4) is 0 Å². The number of rotatable bonds is 6. The Labute approximate surface area is 251 Å². The third-order valence-electron chi connectivity index (χ3n) is 8.16. The number of likely N-dealkylation sites (N-methyl/N-ethyl adjacent to an activating group) is 1. The molecular weight excluding hydrogens is 593 g/mol. The van der Waals surface area contributed by atoms with Gasteiger partial charge in [0, 0.05) is 43.0 Å². The van der Waals surface area contributed by atoms with Crippen LogP contribution >= 0.6 is 23.2 Å². The molecule has 42 heavy (non-hydrogen) atoms. The number of carbonyl (C=O) groups is 3. The summed E-state index contributed by atoms with van der Waals surface area (Å²) in [6, 6.07) is 6.01. The first kappa shape index (κ1) is 30.0. The number of hydrogen-bond acceptors (Lipinski definition) is 7. The molecule has 3 amide bonds. The Morgan fingerprint density at radius 2 is 1.95 bits per heavy atom. The van der Waals surface area contributed by atoms with E-state index in [1.54, 1.807) is 39.9 Å². The van der Waals surface area contributed by atoms with Gasteiger partial charge in [0.1, 0.15) is 11.7 Å². The van der Waals surface area contributed by atoms with Crippen molar-refractivity contribution in [2.45, 2.75) is 57.5 Å². The van der Waals surface area contributed by atoms with Gasteiger partial charge in [-0.25, -0.2) is 10.4 Å². The van der Waals surface area contributed by atoms with Crippen LogP contribution in [0.1, 0.15) is 49.2 Å². The number of nitrogens with zero attached hydrogens (tertiary/aromatic N) is 4. The number of amides is 3. The summed E-state index contributed by atoms with van der Waals surface area (Å²) in [5, 5.41) is 4.90. The summed E-state index contributed by atoms with van der Waals surface area (Å²) in [6.07, 6.45) is 1.85. The van der Waals surface area contributed by atoms with Crippen LogP contribution in [0.4, 0.5) is 8.78 Å². The Balaban J connectivity index is 1.51. The van der Waals surface area contributed by atoms with Crippen LogP contribution < -0.4 is 15.5 Å². The molecule has 0 saturated carbocycles. The van der Waals surface area contributed by atoms with Crippen molar-refractivity contribution in [3.05, 3.63) is 69.0 Å². The number of benzene rings is 1. The number of alkyl halides is 2. The standard InChI is InChI=1S/C28H30Cl2F2N6O4/c1-14-10-28(3)18(12-36(14)25(40)16-5-7-19(29)20(30)9-16)23-26(41)37(13-21(24(39)33-4)38(23)35-28)15(2)17-6-8-22(34-11-17)42-27(31)32/h5-9,11,14-15,21,27,35H,10,12-13H2,1-4H3,(H,33,39)/t14-,15+,21+,28?/m1/s1. The van der Waals surface area contributed by atoms with Gasteiger partial charge in [-0.3, -0.25) is 19.4 Å². The van der Waals surface area contributed by atoms with Gasteiger partial charge in [0.2, 0.25) is 11.8 Å². The Morgan fingerprint density at radius 1 is 1.21 bits per heavy atom. The van der Waals surface area contributed by atoms with E-state index in [1.807, 2.05) is 13.8 Å². The van der Waals surface area contributed by atoms with E-state index in [1.165, 1.54) is 25.4 Å². The lowest BCUT2D eigenvalue weighted by Gasteiger charge is -2.44. The number of piperidine rings is 1. The smallest absolute Gasteiger partial charge is 0.388 e. The number of piperazine rings is 1. The maximum absolute atomic E-state index is 14.2. The highest BCUT2D eigenvalue weighted by Crippen LogP contribution is 2.43. The fraction of sp³-hybridized carbons (Fsp3) is 0.429. The van der Waals surface area contributed by atoms with E-state index in [-0.39, 0.29) is 47.8 Å². The number of halogens is 4. The van der Waals surface area contributed by atoms with E-state index in [0.29, 0.717) is 33.8 Å². The van der Waals surface area contributed by atoms with Gasteiger partial charge in [0.25, 0.3) is 11.8 Å². The molecule has 1 aromatic heterocycles. The van der Waals surface area contributed by atoms with Crippen molar-refractivity contribution in [3.8, 4) is 5.88 Å². The molecule has 3 aliphatic heterocycles. The predicted molar refractivity (Wildman–Crippen MR) is 151 cm³/mol. The second-order valence-corrected chi connectivity index (χ2v) is 11.6. The van der Waals surface area contributed by atoms with E-state index in [4.69, 9.17) is 23.2 Å². The van der Waals surface area contributed by atoms with E-state index in [2.05, 4.69) is 20.5 Å². The molecule has 1 aromatic carbocycles. The summed E-state index contributed by atoms with van der Waals surface area (Å²) in [5.41, 5.74) is 4.64. The topological polar surface area (TPSA) is 107 Å². The lowest BCUT2D eigenvalue weighted by molar-refractivity contribution is -0.141. The number of fused-ring (bicyclic) bond motifs is 2. The average molecular weight is 623 g/mol. The number of carbonyl (C=O) groups excluding carboxylic acids is 3. The van der Waals surface area contributed by atoms with Gasteiger partial charge in [-0.05, 0) is 51.0 Å². The van der Waals surface area contributed by atoms with Gasteiger partial charge in [0.15, 0.2) is 0 Å². The second-order valence-electron chi connectivity index (χ2n) is 10.8. The number of likely N-dealkylation sites (tertiary alicyclic amines) is 1. The highest BCUT2D eigenvalue weighted by molar-refractivity contribution is 6.42. The molecule has 10 nitrogen and oxygen atoms in total.